The first-order valence-corrected chi connectivity index (χ1v) is 6.87. The van der Waals surface area contributed by atoms with Gasteiger partial charge in [0.1, 0.15) is 5.69 Å². The lowest BCUT2D eigenvalue weighted by Crippen LogP contribution is -2.23. The smallest absolute Gasteiger partial charge is 0.269 e. The van der Waals surface area contributed by atoms with Crippen molar-refractivity contribution in [1.82, 2.24) is 15.2 Å². The van der Waals surface area contributed by atoms with E-state index in [1.807, 2.05) is 6.07 Å². The Morgan fingerprint density at radius 1 is 1.58 bits per heavy atom. The SMILES string of the molecule is CCN1CCC(CNc2ccnc(C(=O)NC)c2)C1. The van der Waals surface area contributed by atoms with E-state index in [2.05, 4.69) is 27.4 Å². The number of nitrogens with zero attached hydrogens (tertiary/aromatic N) is 2. The molecular formula is C14H22N4O. The van der Waals surface area contributed by atoms with Gasteiger partial charge in [0.25, 0.3) is 5.91 Å². The van der Waals surface area contributed by atoms with Crippen LogP contribution in [0.4, 0.5) is 5.69 Å². The van der Waals surface area contributed by atoms with Crippen LogP contribution in [0.1, 0.15) is 23.8 Å². The Bertz CT molecular complexity index is 435. The Balaban J connectivity index is 1.88. The molecule has 2 rings (SSSR count). The number of anilines is 1. The Morgan fingerprint density at radius 3 is 3.11 bits per heavy atom. The zero-order valence-corrected chi connectivity index (χ0v) is 11.6. The normalized spacial score (nSPS) is 19.4. The van der Waals surface area contributed by atoms with Crippen molar-refractivity contribution < 1.29 is 4.79 Å². The standard InChI is InChI=1S/C14H22N4O/c1-3-18-7-5-11(10-18)9-17-12-4-6-16-13(8-12)14(19)15-2/h4,6,8,11H,3,5,7,9-10H2,1-2H3,(H,15,19)(H,16,17). The third-order valence-corrected chi connectivity index (χ3v) is 3.63. The number of pyridine rings is 1. The maximum atomic E-state index is 11.5. The first kappa shape index (κ1) is 13.8. The Hall–Kier alpha value is -1.62. The molecule has 0 aromatic carbocycles. The Morgan fingerprint density at radius 2 is 2.42 bits per heavy atom. The molecule has 1 atom stereocenters. The van der Waals surface area contributed by atoms with Gasteiger partial charge in [0, 0.05) is 32.0 Å². The second-order valence-corrected chi connectivity index (χ2v) is 4.94. The van der Waals surface area contributed by atoms with Crippen LogP contribution in [0.3, 0.4) is 0 Å². The molecule has 19 heavy (non-hydrogen) atoms. The van der Waals surface area contributed by atoms with Crippen LogP contribution >= 0.6 is 0 Å². The molecule has 0 spiro atoms. The van der Waals surface area contributed by atoms with Gasteiger partial charge in [0.15, 0.2) is 0 Å². The van der Waals surface area contributed by atoms with Crippen LogP contribution in [0, 0.1) is 5.92 Å². The molecule has 1 unspecified atom stereocenters. The fourth-order valence-corrected chi connectivity index (χ4v) is 2.42. The molecule has 1 aliphatic heterocycles. The molecule has 5 heteroatoms. The quantitative estimate of drug-likeness (QED) is 0.837. The summed E-state index contributed by atoms with van der Waals surface area (Å²) < 4.78 is 0. The molecule has 2 N–H and O–H groups in total. The van der Waals surface area contributed by atoms with Crippen molar-refractivity contribution >= 4 is 11.6 Å². The molecule has 1 aliphatic rings. The second-order valence-electron chi connectivity index (χ2n) is 4.94. The molecule has 5 nitrogen and oxygen atoms in total. The van der Waals surface area contributed by atoms with Gasteiger partial charge < -0.3 is 15.5 Å². The van der Waals surface area contributed by atoms with E-state index in [-0.39, 0.29) is 5.91 Å². The van der Waals surface area contributed by atoms with Crippen molar-refractivity contribution in [3.63, 3.8) is 0 Å². The van der Waals surface area contributed by atoms with Gasteiger partial charge in [-0.25, -0.2) is 0 Å². The minimum Gasteiger partial charge on any atom is -0.385 e. The molecule has 104 valence electrons. The minimum atomic E-state index is -0.151. The van der Waals surface area contributed by atoms with E-state index >= 15 is 0 Å². The molecule has 2 heterocycles. The molecule has 1 amide bonds. The molecule has 0 radical (unpaired) electrons. The highest BCUT2D eigenvalue weighted by Crippen LogP contribution is 2.17. The summed E-state index contributed by atoms with van der Waals surface area (Å²) in [5.74, 6) is 0.540. The molecular weight excluding hydrogens is 240 g/mol. The number of aromatic nitrogens is 1. The summed E-state index contributed by atoms with van der Waals surface area (Å²) in [4.78, 5) is 18.0. The fourth-order valence-electron chi connectivity index (χ4n) is 2.42. The highest BCUT2D eigenvalue weighted by molar-refractivity contribution is 5.92. The Kier molecular flexibility index (Phi) is 4.74. The van der Waals surface area contributed by atoms with Crippen LogP contribution in [0.15, 0.2) is 18.3 Å². The summed E-state index contributed by atoms with van der Waals surface area (Å²) in [5.41, 5.74) is 1.41. The van der Waals surface area contributed by atoms with Gasteiger partial charge in [-0.05, 0) is 37.6 Å². The first-order chi connectivity index (χ1) is 9.22. The van der Waals surface area contributed by atoms with E-state index in [9.17, 15) is 4.79 Å². The van der Waals surface area contributed by atoms with Crippen molar-refractivity contribution in [1.29, 1.82) is 0 Å². The topological polar surface area (TPSA) is 57.3 Å². The van der Waals surface area contributed by atoms with Crippen molar-refractivity contribution in [2.24, 2.45) is 5.92 Å². The van der Waals surface area contributed by atoms with Gasteiger partial charge in [-0.2, -0.15) is 0 Å². The number of rotatable bonds is 5. The van der Waals surface area contributed by atoms with Gasteiger partial charge in [-0.1, -0.05) is 6.92 Å². The number of likely N-dealkylation sites (tertiary alicyclic amines) is 1. The highest BCUT2D eigenvalue weighted by Gasteiger charge is 2.20. The summed E-state index contributed by atoms with van der Waals surface area (Å²) in [5, 5.41) is 5.99. The van der Waals surface area contributed by atoms with E-state index in [1.165, 1.54) is 13.0 Å². The van der Waals surface area contributed by atoms with Crippen LogP contribution in [-0.4, -0.2) is 49.0 Å². The number of nitrogens with one attached hydrogen (secondary N) is 2. The monoisotopic (exact) mass is 262 g/mol. The zero-order valence-electron chi connectivity index (χ0n) is 11.6. The first-order valence-electron chi connectivity index (χ1n) is 6.87. The number of carbonyl (C=O) groups excluding carboxylic acids is 1. The fraction of sp³-hybridized carbons (Fsp3) is 0.571. The van der Waals surface area contributed by atoms with Gasteiger partial charge >= 0.3 is 0 Å². The number of carbonyl (C=O) groups is 1. The molecule has 0 aliphatic carbocycles. The molecule has 1 aromatic rings. The van der Waals surface area contributed by atoms with E-state index in [0.717, 1.165) is 25.3 Å². The van der Waals surface area contributed by atoms with Gasteiger partial charge in [0.05, 0.1) is 0 Å². The summed E-state index contributed by atoms with van der Waals surface area (Å²) in [6.45, 7) is 6.65. The van der Waals surface area contributed by atoms with Crippen LogP contribution in [0.25, 0.3) is 0 Å². The van der Waals surface area contributed by atoms with E-state index < -0.39 is 0 Å². The zero-order chi connectivity index (χ0) is 13.7. The van der Waals surface area contributed by atoms with E-state index in [0.29, 0.717) is 11.6 Å². The van der Waals surface area contributed by atoms with Crippen molar-refractivity contribution in [3.8, 4) is 0 Å². The predicted molar refractivity (Wildman–Crippen MR) is 76.3 cm³/mol. The van der Waals surface area contributed by atoms with Crippen LogP contribution in [-0.2, 0) is 0 Å². The lowest BCUT2D eigenvalue weighted by atomic mass is 10.1. The largest absolute Gasteiger partial charge is 0.385 e. The lowest BCUT2D eigenvalue weighted by Gasteiger charge is -2.14. The summed E-state index contributed by atoms with van der Waals surface area (Å²) in [7, 11) is 1.61. The molecule has 0 bridgehead atoms. The molecule has 1 aromatic heterocycles. The van der Waals surface area contributed by atoms with Crippen molar-refractivity contribution in [2.45, 2.75) is 13.3 Å². The molecule has 1 fully saturated rings. The summed E-state index contributed by atoms with van der Waals surface area (Å²) in [6, 6.07) is 3.70. The third kappa shape index (κ3) is 3.67. The average Bonchev–Trinajstić information content (AvgIpc) is 2.92. The summed E-state index contributed by atoms with van der Waals surface area (Å²) in [6.07, 6.45) is 2.91. The summed E-state index contributed by atoms with van der Waals surface area (Å²) >= 11 is 0. The van der Waals surface area contributed by atoms with Crippen LogP contribution in [0.2, 0.25) is 0 Å². The maximum absolute atomic E-state index is 11.5. The predicted octanol–water partition coefficient (Wildman–Crippen LogP) is 1.19. The van der Waals surface area contributed by atoms with Crippen molar-refractivity contribution in [3.05, 3.63) is 24.0 Å². The minimum absolute atomic E-state index is 0.151. The van der Waals surface area contributed by atoms with Gasteiger partial charge in [-0.3, -0.25) is 9.78 Å². The molecule has 1 saturated heterocycles. The van der Waals surface area contributed by atoms with Crippen LogP contribution in [0.5, 0.6) is 0 Å². The van der Waals surface area contributed by atoms with Gasteiger partial charge in [-0.15, -0.1) is 0 Å². The van der Waals surface area contributed by atoms with E-state index in [4.69, 9.17) is 0 Å². The Labute approximate surface area is 114 Å². The van der Waals surface area contributed by atoms with Gasteiger partial charge in [0.2, 0.25) is 0 Å². The maximum Gasteiger partial charge on any atom is 0.269 e. The second kappa shape index (κ2) is 6.52. The number of hydrogen-bond donors (Lipinski definition) is 2. The van der Waals surface area contributed by atoms with E-state index in [1.54, 1.807) is 19.3 Å². The molecule has 0 saturated carbocycles. The number of hydrogen-bond acceptors (Lipinski definition) is 4. The van der Waals surface area contributed by atoms with Crippen molar-refractivity contribution in [2.75, 3.05) is 38.5 Å². The lowest BCUT2D eigenvalue weighted by molar-refractivity contribution is 0.0958. The highest BCUT2D eigenvalue weighted by atomic mass is 16.1. The third-order valence-electron chi connectivity index (χ3n) is 3.63. The number of amides is 1. The average molecular weight is 262 g/mol. The van der Waals surface area contributed by atoms with Crippen LogP contribution < -0.4 is 10.6 Å².